The molecule has 0 aliphatic rings. The van der Waals surface area contributed by atoms with Gasteiger partial charge in [0.1, 0.15) is 0 Å². The molecule has 2 unspecified atom stereocenters. The van der Waals surface area contributed by atoms with E-state index in [4.69, 9.17) is 0 Å². The lowest BCUT2D eigenvalue weighted by atomic mass is 10.1. The summed E-state index contributed by atoms with van der Waals surface area (Å²) in [5.41, 5.74) is 0. The number of hydrogen-bond acceptors (Lipinski definition) is 4. The van der Waals surface area contributed by atoms with Crippen LogP contribution in [0.2, 0.25) is 0 Å². The lowest BCUT2D eigenvalue weighted by molar-refractivity contribution is -0.146. The maximum Gasteiger partial charge on any atom is 0.252 e. The number of aliphatic hydroxyl groups excluding tert-OH is 2. The van der Waals surface area contributed by atoms with Gasteiger partial charge in [-0.2, -0.15) is 0 Å². The molecule has 0 saturated heterocycles. The first-order valence-electron chi connectivity index (χ1n) is 8.46. The lowest BCUT2D eigenvalue weighted by Crippen LogP contribution is -2.49. The van der Waals surface area contributed by atoms with Gasteiger partial charge in [0.25, 0.3) is 11.8 Å². The van der Waals surface area contributed by atoms with E-state index in [9.17, 15) is 19.8 Å². The number of nitrogens with one attached hydrogen (secondary N) is 2. The normalized spacial score (nSPS) is 13.5. The molecule has 0 heterocycles. The Hall–Kier alpha value is -1.14. The number of carbonyl (C=O) groups excluding carboxylic acids is 2. The number of unbranched alkanes of at least 4 members (excludes halogenated alkanes) is 6. The van der Waals surface area contributed by atoms with E-state index in [1.165, 1.54) is 0 Å². The molecule has 2 amide bonds. The number of amides is 2. The molecule has 4 N–H and O–H groups in total. The number of hydrogen-bond donors (Lipinski definition) is 4. The standard InChI is InChI=1S/C16H32N2O4/c1-3-5-7-9-11-17-15(21)13(19)14(20)16(22)18-12-10-8-6-4-2/h13-14,19-20H,3-12H2,1-2H3,(H,17,21)(H,18,22). The van der Waals surface area contributed by atoms with E-state index in [0.29, 0.717) is 13.1 Å². The zero-order valence-corrected chi connectivity index (χ0v) is 13.9. The highest BCUT2D eigenvalue weighted by atomic mass is 16.3. The summed E-state index contributed by atoms with van der Waals surface area (Å²) in [5, 5.41) is 24.4. The molecule has 2 atom stereocenters. The van der Waals surface area contributed by atoms with Crippen LogP contribution in [0.5, 0.6) is 0 Å². The minimum Gasteiger partial charge on any atom is -0.380 e. The van der Waals surface area contributed by atoms with Crippen molar-refractivity contribution in [1.29, 1.82) is 0 Å². The minimum absolute atomic E-state index is 0.446. The van der Waals surface area contributed by atoms with E-state index in [0.717, 1.165) is 51.4 Å². The third-order valence-electron chi connectivity index (χ3n) is 3.50. The number of aliphatic hydroxyl groups is 2. The van der Waals surface area contributed by atoms with Gasteiger partial charge in [-0.15, -0.1) is 0 Å². The Bertz CT molecular complexity index is 281. The molecule has 130 valence electrons. The van der Waals surface area contributed by atoms with Gasteiger partial charge in [0, 0.05) is 13.1 Å². The largest absolute Gasteiger partial charge is 0.380 e. The lowest BCUT2D eigenvalue weighted by Gasteiger charge is -2.17. The molecule has 6 nitrogen and oxygen atoms in total. The SMILES string of the molecule is CCCCCCNC(=O)C(O)C(O)C(=O)NCCCCCC. The third-order valence-corrected chi connectivity index (χ3v) is 3.50. The van der Waals surface area contributed by atoms with E-state index >= 15 is 0 Å². The van der Waals surface area contributed by atoms with Gasteiger partial charge in [-0.1, -0.05) is 52.4 Å². The molecular weight excluding hydrogens is 284 g/mol. The summed E-state index contributed by atoms with van der Waals surface area (Å²) in [5.74, 6) is -1.41. The predicted molar refractivity (Wildman–Crippen MR) is 86.3 cm³/mol. The van der Waals surface area contributed by atoms with Gasteiger partial charge >= 0.3 is 0 Å². The molecule has 0 spiro atoms. The summed E-state index contributed by atoms with van der Waals surface area (Å²) in [4.78, 5) is 23.3. The highest BCUT2D eigenvalue weighted by Gasteiger charge is 2.29. The Morgan fingerprint density at radius 2 is 1.09 bits per heavy atom. The first-order valence-corrected chi connectivity index (χ1v) is 8.46. The minimum atomic E-state index is -1.72. The molecule has 0 aromatic rings. The molecule has 0 aromatic carbocycles. The van der Waals surface area contributed by atoms with Crippen molar-refractivity contribution < 1.29 is 19.8 Å². The molecule has 22 heavy (non-hydrogen) atoms. The summed E-state index contributed by atoms with van der Waals surface area (Å²) in [6.07, 6.45) is 4.63. The summed E-state index contributed by atoms with van der Waals surface area (Å²) < 4.78 is 0. The van der Waals surface area contributed by atoms with Crippen molar-refractivity contribution >= 4 is 11.8 Å². The summed E-state index contributed by atoms with van der Waals surface area (Å²) in [6, 6.07) is 0. The molecule has 0 rings (SSSR count). The Kier molecular flexibility index (Phi) is 12.8. The summed E-state index contributed by atoms with van der Waals surface area (Å²) >= 11 is 0. The van der Waals surface area contributed by atoms with Crippen LogP contribution >= 0.6 is 0 Å². The maximum atomic E-state index is 11.6. The molecule has 0 aromatic heterocycles. The Balaban J connectivity index is 3.88. The monoisotopic (exact) mass is 316 g/mol. The van der Waals surface area contributed by atoms with Crippen LogP contribution in [-0.2, 0) is 9.59 Å². The van der Waals surface area contributed by atoms with Gasteiger partial charge in [-0.3, -0.25) is 9.59 Å². The van der Waals surface area contributed by atoms with Crippen molar-refractivity contribution in [3.63, 3.8) is 0 Å². The highest BCUT2D eigenvalue weighted by molar-refractivity contribution is 5.90. The van der Waals surface area contributed by atoms with Gasteiger partial charge < -0.3 is 20.8 Å². The first kappa shape index (κ1) is 20.9. The highest BCUT2D eigenvalue weighted by Crippen LogP contribution is 2.00. The fourth-order valence-electron chi connectivity index (χ4n) is 2.02. The van der Waals surface area contributed by atoms with Crippen molar-refractivity contribution in [3.8, 4) is 0 Å². The fraction of sp³-hybridized carbons (Fsp3) is 0.875. The fourth-order valence-corrected chi connectivity index (χ4v) is 2.02. The Morgan fingerprint density at radius 1 is 0.727 bits per heavy atom. The van der Waals surface area contributed by atoms with E-state index < -0.39 is 24.0 Å². The Morgan fingerprint density at radius 3 is 1.41 bits per heavy atom. The van der Waals surface area contributed by atoms with Crippen LogP contribution in [0.4, 0.5) is 0 Å². The topological polar surface area (TPSA) is 98.7 Å². The first-order chi connectivity index (χ1) is 10.5. The quantitative estimate of drug-likeness (QED) is 0.382. The summed E-state index contributed by atoms with van der Waals surface area (Å²) in [7, 11) is 0. The second-order valence-electron chi connectivity index (χ2n) is 5.59. The smallest absolute Gasteiger partial charge is 0.252 e. The van der Waals surface area contributed by atoms with Crippen molar-refractivity contribution in [2.24, 2.45) is 0 Å². The van der Waals surface area contributed by atoms with Crippen molar-refractivity contribution in [1.82, 2.24) is 10.6 Å². The van der Waals surface area contributed by atoms with E-state index in [1.807, 2.05) is 0 Å². The van der Waals surface area contributed by atoms with E-state index in [1.54, 1.807) is 0 Å². The molecular formula is C16H32N2O4. The number of rotatable bonds is 13. The maximum absolute atomic E-state index is 11.6. The van der Waals surface area contributed by atoms with Crippen LogP contribution in [0.3, 0.4) is 0 Å². The second kappa shape index (κ2) is 13.5. The van der Waals surface area contributed by atoms with Crippen LogP contribution < -0.4 is 10.6 Å². The van der Waals surface area contributed by atoms with Crippen LogP contribution in [-0.4, -0.2) is 47.3 Å². The van der Waals surface area contributed by atoms with Crippen molar-refractivity contribution in [2.45, 2.75) is 77.4 Å². The molecule has 0 fully saturated rings. The van der Waals surface area contributed by atoms with Crippen LogP contribution in [0.1, 0.15) is 65.2 Å². The predicted octanol–water partition coefficient (Wildman–Crippen LogP) is 1.10. The van der Waals surface area contributed by atoms with E-state index in [-0.39, 0.29) is 0 Å². The van der Waals surface area contributed by atoms with Crippen LogP contribution in [0.15, 0.2) is 0 Å². The van der Waals surface area contributed by atoms with Crippen molar-refractivity contribution in [2.75, 3.05) is 13.1 Å². The molecule has 0 aliphatic carbocycles. The van der Waals surface area contributed by atoms with Gasteiger partial charge in [0.15, 0.2) is 12.2 Å². The molecule has 0 bridgehead atoms. The summed E-state index contributed by atoms with van der Waals surface area (Å²) in [6.45, 7) is 5.08. The van der Waals surface area contributed by atoms with E-state index in [2.05, 4.69) is 24.5 Å². The molecule has 0 radical (unpaired) electrons. The zero-order chi connectivity index (χ0) is 16.8. The van der Waals surface area contributed by atoms with Gasteiger partial charge in [0.2, 0.25) is 0 Å². The molecule has 6 heteroatoms. The Labute approximate surface area is 133 Å². The van der Waals surface area contributed by atoms with Crippen LogP contribution in [0.25, 0.3) is 0 Å². The zero-order valence-electron chi connectivity index (χ0n) is 13.9. The average molecular weight is 316 g/mol. The van der Waals surface area contributed by atoms with Gasteiger partial charge in [0.05, 0.1) is 0 Å². The molecule has 0 saturated carbocycles. The van der Waals surface area contributed by atoms with Gasteiger partial charge in [-0.25, -0.2) is 0 Å². The second-order valence-corrected chi connectivity index (χ2v) is 5.59. The van der Waals surface area contributed by atoms with Crippen LogP contribution in [0, 0.1) is 0 Å². The average Bonchev–Trinajstić information content (AvgIpc) is 2.52. The van der Waals surface area contributed by atoms with Crippen molar-refractivity contribution in [3.05, 3.63) is 0 Å². The third kappa shape index (κ3) is 9.73. The number of carbonyl (C=O) groups is 2. The van der Waals surface area contributed by atoms with Gasteiger partial charge in [-0.05, 0) is 12.8 Å². The molecule has 0 aliphatic heterocycles.